The van der Waals surface area contributed by atoms with Crippen LogP contribution in [0.15, 0.2) is 34.8 Å². The predicted molar refractivity (Wildman–Crippen MR) is 140 cm³/mol. The third kappa shape index (κ3) is 4.08. The molecule has 4 bridgehead atoms. The third-order valence-electron chi connectivity index (χ3n) is 8.70. The van der Waals surface area contributed by atoms with Gasteiger partial charge in [-0.15, -0.1) is 0 Å². The summed E-state index contributed by atoms with van der Waals surface area (Å²) in [6.07, 6.45) is 8.06. The van der Waals surface area contributed by atoms with Crippen LogP contribution >= 0.6 is 15.9 Å². The smallest absolute Gasteiger partial charge is 0.188 e. The molecule has 4 aliphatic rings. The molecule has 0 aliphatic heterocycles. The predicted octanol–water partition coefficient (Wildman–Crippen LogP) is 8.78. The van der Waals surface area contributed by atoms with E-state index in [1.54, 1.807) is 7.11 Å². The molecule has 0 saturated heterocycles. The molecule has 0 aromatic heterocycles. The molecule has 2 nitrogen and oxygen atoms in total. The van der Waals surface area contributed by atoms with Crippen LogP contribution in [0.5, 0.6) is 5.75 Å². The Morgan fingerprint density at radius 2 is 1.67 bits per heavy atom. The maximum Gasteiger partial charge on any atom is 0.188 e. The van der Waals surface area contributed by atoms with E-state index >= 15 is 0 Å². The Bertz CT molecular complexity index is 1050. The van der Waals surface area contributed by atoms with Crippen molar-refractivity contribution in [2.24, 2.45) is 16.7 Å². The van der Waals surface area contributed by atoms with Crippen LogP contribution in [-0.4, -0.2) is 13.9 Å². The second kappa shape index (κ2) is 8.12. The summed E-state index contributed by atoms with van der Waals surface area (Å²) in [5.74, 6) is 2.38. The number of aryl methyl sites for hydroxylation is 1. The van der Waals surface area contributed by atoms with E-state index in [-0.39, 0.29) is 12.2 Å². The highest BCUT2D eigenvalue weighted by Crippen LogP contribution is 2.70. The minimum atomic E-state index is 0.205. The van der Waals surface area contributed by atoms with Gasteiger partial charge in [-0.1, -0.05) is 61.8 Å². The number of halogens is 1. The second-order valence-electron chi connectivity index (χ2n) is 12.5. The van der Waals surface area contributed by atoms with Crippen LogP contribution in [0.1, 0.15) is 88.8 Å². The average Bonchev–Trinajstić information content (AvgIpc) is 2.69. The SMILES string of the molecule is COCOc1c(-c2ccc(C(C)C)cc2Br)cc(C)cc1[C@@]12C[C@@H]3C[C@@](C)(C[C@@](C)(C3)C1)C2. The zero-order valence-corrected chi connectivity index (χ0v) is 22.8. The molecule has 0 N–H and O–H groups in total. The maximum atomic E-state index is 6.47. The summed E-state index contributed by atoms with van der Waals surface area (Å²) >= 11 is 3.90. The Balaban J connectivity index is 1.69. The lowest BCUT2D eigenvalue weighted by Crippen LogP contribution is -2.56. The number of methoxy groups -OCH3 is 1. The molecular formula is C30H39BrO2. The van der Waals surface area contributed by atoms with Crippen molar-refractivity contribution in [1.29, 1.82) is 0 Å². The van der Waals surface area contributed by atoms with Crippen LogP contribution in [0.25, 0.3) is 11.1 Å². The Kier molecular flexibility index (Phi) is 5.77. The number of rotatable bonds is 6. The zero-order chi connectivity index (χ0) is 23.6. The molecule has 2 aromatic rings. The van der Waals surface area contributed by atoms with Gasteiger partial charge < -0.3 is 9.47 Å². The lowest BCUT2D eigenvalue weighted by atomic mass is 9.39. The highest BCUT2D eigenvalue weighted by atomic mass is 79.9. The van der Waals surface area contributed by atoms with E-state index in [0.29, 0.717) is 16.7 Å². The summed E-state index contributed by atoms with van der Waals surface area (Å²) in [5.41, 5.74) is 7.60. The lowest BCUT2D eigenvalue weighted by molar-refractivity contribution is -0.110. The largest absolute Gasteiger partial charge is 0.467 e. The van der Waals surface area contributed by atoms with E-state index in [0.717, 1.165) is 16.1 Å². The van der Waals surface area contributed by atoms with Gasteiger partial charge in [-0.2, -0.15) is 0 Å². The summed E-state index contributed by atoms with van der Waals surface area (Å²) in [5, 5.41) is 0. The van der Waals surface area contributed by atoms with Crippen molar-refractivity contribution in [3.8, 4) is 16.9 Å². The molecule has 4 fully saturated rings. The minimum Gasteiger partial charge on any atom is -0.467 e. The first kappa shape index (κ1) is 23.4. The monoisotopic (exact) mass is 510 g/mol. The van der Waals surface area contributed by atoms with Gasteiger partial charge in [-0.05, 0) is 96.9 Å². The van der Waals surface area contributed by atoms with E-state index in [1.807, 2.05) is 0 Å². The summed E-state index contributed by atoms with van der Waals surface area (Å²) in [6, 6.07) is 11.5. The highest BCUT2D eigenvalue weighted by Gasteiger charge is 2.61. The topological polar surface area (TPSA) is 18.5 Å². The van der Waals surface area contributed by atoms with E-state index in [4.69, 9.17) is 9.47 Å². The van der Waals surface area contributed by atoms with Gasteiger partial charge in [-0.25, -0.2) is 0 Å². The molecule has 4 atom stereocenters. The molecule has 4 aliphatic carbocycles. The number of hydrogen-bond acceptors (Lipinski definition) is 2. The fourth-order valence-electron chi connectivity index (χ4n) is 8.50. The summed E-state index contributed by atoms with van der Waals surface area (Å²) in [7, 11) is 1.72. The number of hydrogen-bond donors (Lipinski definition) is 0. The van der Waals surface area contributed by atoms with Crippen LogP contribution in [0, 0.1) is 23.7 Å². The van der Waals surface area contributed by atoms with Crippen molar-refractivity contribution >= 4 is 15.9 Å². The maximum absolute atomic E-state index is 6.47. The first-order valence-corrected chi connectivity index (χ1v) is 13.4. The first-order valence-electron chi connectivity index (χ1n) is 12.6. The van der Waals surface area contributed by atoms with Crippen LogP contribution in [-0.2, 0) is 10.2 Å². The van der Waals surface area contributed by atoms with E-state index < -0.39 is 0 Å². The van der Waals surface area contributed by atoms with Crippen molar-refractivity contribution in [2.75, 3.05) is 13.9 Å². The van der Waals surface area contributed by atoms with Gasteiger partial charge in [0.15, 0.2) is 6.79 Å². The molecule has 33 heavy (non-hydrogen) atoms. The van der Waals surface area contributed by atoms with Gasteiger partial charge in [0.2, 0.25) is 0 Å². The summed E-state index contributed by atoms with van der Waals surface area (Å²) in [6.45, 7) is 12.1. The Morgan fingerprint density at radius 3 is 2.24 bits per heavy atom. The fraction of sp³-hybridized carbons (Fsp3) is 0.600. The van der Waals surface area contributed by atoms with Gasteiger partial charge in [0, 0.05) is 28.1 Å². The van der Waals surface area contributed by atoms with Crippen molar-refractivity contribution in [3.63, 3.8) is 0 Å². The Morgan fingerprint density at radius 1 is 0.970 bits per heavy atom. The fourth-order valence-corrected chi connectivity index (χ4v) is 9.11. The lowest BCUT2D eigenvalue weighted by Gasteiger charge is -2.65. The summed E-state index contributed by atoms with van der Waals surface area (Å²) < 4.78 is 13.0. The van der Waals surface area contributed by atoms with Gasteiger partial charge >= 0.3 is 0 Å². The molecule has 178 valence electrons. The zero-order valence-electron chi connectivity index (χ0n) is 21.2. The van der Waals surface area contributed by atoms with E-state index in [2.05, 4.69) is 80.9 Å². The molecule has 0 amide bonds. The highest BCUT2D eigenvalue weighted by molar-refractivity contribution is 9.10. The molecule has 0 heterocycles. The van der Waals surface area contributed by atoms with Crippen molar-refractivity contribution in [3.05, 3.63) is 51.5 Å². The van der Waals surface area contributed by atoms with Gasteiger partial charge in [0.25, 0.3) is 0 Å². The van der Waals surface area contributed by atoms with E-state index in [9.17, 15) is 0 Å². The van der Waals surface area contributed by atoms with Crippen molar-refractivity contribution in [2.45, 2.75) is 84.5 Å². The minimum absolute atomic E-state index is 0.205. The summed E-state index contributed by atoms with van der Waals surface area (Å²) in [4.78, 5) is 0. The van der Waals surface area contributed by atoms with Crippen molar-refractivity contribution in [1.82, 2.24) is 0 Å². The van der Waals surface area contributed by atoms with Crippen LogP contribution in [0.3, 0.4) is 0 Å². The van der Waals surface area contributed by atoms with Crippen molar-refractivity contribution < 1.29 is 9.47 Å². The van der Waals surface area contributed by atoms with E-state index in [1.165, 1.54) is 66.3 Å². The van der Waals surface area contributed by atoms with Gasteiger partial charge in [0.1, 0.15) is 5.75 Å². The molecular weight excluding hydrogens is 472 g/mol. The Labute approximate surface area is 208 Å². The average molecular weight is 512 g/mol. The standard InChI is InChI=1S/C30H39BrO2/c1-19(2)22-7-8-23(26(31)11-22)24-9-20(3)10-25(27(24)33-18-32-6)30-14-21-12-28(4,16-30)15-29(5,13-21)17-30/h7-11,19,21H,12-18H2,1-6H3/t21-,28+,29-,30-. The normalized spacial score (nSPS) is 32.5. The van der Waals surface area contributed by atoms with Crippen LogP contribution < -0.4 is 4.74 Å². The molecule has 0 unspecified atom stereocenters. The Hall–Kier alpha value is -1.32. The van der Waals surface area contributed by atoms with Gasteiger partial charge in [-0.3, -0.25) is 0 Å². The molecule has 0 spiro atoms. The third-order valence-corrected chi connectivity index (χ3v) is 9.36. The number of ether oxygens (including phenoxy) is 2. The van der Waals surface area contributed by atoms with Crippen LogP contribution in [0.2, 0.25) is 0 Å². The quantitative estimate of drug-likeness (QED) is 0.361. The molecule has 4 saturated carbocycles. The molecule has 6 rings (SSSR count). The molecule has 0 radical (unpaired) electrons. The second-order valence-corrected chi connectivity index (χ2v) is 13.4. The molecule has 3 heteroatoms. The number of benzene rings is 2. The van der Waals surface area contributed by atoms with Crippen LogP contribution in [0.4, 0.5) is 0 Å². The molecule has 2 aromatic carbocycles. The first-order chi connectivity index (χ1) is 15.6. The van der Waals surface area contributed by atoms with Gasteiger partial charge in [0.05, 0.1) is 0 Å².